The number of aromatic hydroxyl groups is 1. The predicted molar refractivity (Wildman–Crippen MR) is 54.2 cm³/mol. The molecule has 1 aliphatic heterocycles. The number of hydrogen-bond acceptors (Lipinski definition) is 2. The number of hydrogen-bond donors (Lipinski definition) is 2. The summed E-state index contributed by atoms with van der Waals surface area (Å²) in [5.74, 6) is 0.911. The fourth-order valence-electron chi connectivity index (χ4n) is 2.09. The Kier molecular flexibility index (Phi) is 1.91. The summed E-state index contributed by atoms with van der Waals surface area (Å²) in [5.41, 5.74) is 2.16. The minimum absolute atomic E-state index is 0.371. The zero-order valence-electron chi connectivity index (χ0n) is 8.04. The van der Waals surface area contributed by atoms with Crippen molar-refractivity contribution in [3.8, 4) is 5.75 Å². The fraction of sp³-hybridized carbons (Fsp3) is 0.455. The maximum absolute atomic E-state index is 9.63. The first-order chi connectivity index (χ1) is 6.18. The third-order valence-corrected chi connectivity index (χ3v) is 2.70. The van der Waals surface area contributed by atoms with Crippen LogP contribution in [-0.2, 0) is 0 Å². The first-order valence-corrected chi connectivity index (χ1v) is 4.77. The van der Waals surface area contributed by atoms with Crippen molar-refractivity contribution in [1.29, 1.82) is 0 Å². The van der Waals surface area contributed by atoms with E-state index in [1.807, 2.05) is 6.07 Å². The molecule has 1 aromatic rings. The average molecular weight is 177 g/mol. The molecule has 0 fully saturated rings. The lowest BCUT2D eigenvalue weighted by Gasteiger charge is -2.29. The molecule has 2 nitrogen and oxygen atoms in total. The van der Waals surface area contributed by atoms with Crippen molar-refractivity contribution < 1.29 is 5.11 Å². The lowest BCUT2D eigenvalue weighted by Crippen LogP contribution is -2.24. The normalized spacial score (nSPS) is 26.3. The van der Waals surface area contributed by atoms with Gasteiger partial charge in [0.1, 0.15) is 5.75 Å². The Labute approximate surface area is 78.6 Å². The van der Waals surface area contributed by atoms with Crippen LogP contribution < -0.4 is 5.32 Å². The first-order valence-electron chi connectivity index (χ1n) is 4.77. The van der Waals surface area contributed by atoms with Crippen molar-refractivity contribution in [1.82, 2.24) is 0 Å². The van der Waals surface area contributed by atoms with E-state index < -0.39 is 0 Å². The number of para-hydroxylation sites is 1. The summed E-state index contributed by atoms with van der Waals surface area (Å²) < 4.78 is 0. The van der Waals surface area contributed by atoms with Crippen LogP contribution in [0.1, 0.15) is 31.7 Å². The van der Waals surface area contributed by atoms with Gasteiger partial charge >= 0.3 is 0 Å². The van der Waals surface area contributed by atoms with Gasteiger partial charge in [-0.15, -0.1) is 0 Å². The Morgan fingerprint density at radius 1 is 1.38 bits per heavy atom. The van der Waals surface area contributed by atoms with Crippen LogP contribution in [0.15, 0.2) is 18.2 Å². The van der Waals surface area contributed by atoms with Crippen molar-refractivity contribution >= 4 is 5.69 Å². The van der Waals surface area contributed by atoms with Crippen LogP contribution in [0.4, 0.5) is 5.69 Å². The lowest BCUT2D eigenvalue weighted by molar-refractivity contribution is 0.470. The molecule has 1 aromatic carbocycles. The van der Waals surface area contributed by atoms with Crippen LogP contribution in [0, 0.1) is 0 Å². The summed E-state index contributed by atoms with van der Waals surface area (Å²) in [5, 5.41) is 12.9. The van der Waals surface area contributed by atoms with Gasteiger partial charge in [-0.2, -0.15) is 0 Å². The van der Waals surface area contributed by atoms with Crippen molar-refractivity contribution in [2.24, 2.45) is 0 Å². The Balaban J connectivity index is 2.49. The number of anilines is 1. The summed E-state index contributed by atoms with van der Waals surface area (Å²) in [4.78, 5) is 0. The van der Waals surface area contributed by atoms with Gasteiger partial charge in [-0.3, -0.25) is 0 Å². The third kappa shape index (κ3) is 1.37. The van der Waals surface area contributed by atoms with E-state index in [2.05, 4.69) is 25.2 Å². The molecular formula is C11H15NO. The largest absolute Gasteiger partial charge is 0.506 e. The Hall–Kier alpha value is -1.18. The number of benzene rings is 1. The molecule has 2 rings (SSSR count). The van der Waals surface area contributed by atoms with Crippen LogP contribution in [-0.4, -0.2) is 11.1 Å². The fourth-order valence-corrected chi connectivity index (χ4v) is 2.09. The minimum Gasteiger partial charge on any atom is -0.506 e. The SMILES string of the molecule is C[C@@H]1C[C@H](C)c2cccc(O)c2N1. The van der Waals surface area contributed by atoms with Gasteiger partial charge in [0.2, 0.25) is 0 Å². The van der Waals surface area contributed by atoms with Gasteiger partial charge < -0.3 is 10.4 Å². The highest BCUT2D eigenvalue weighted by Crippen LogP contribution is 2.38. The molecule has 2 atom stereocenters. The van der Waals surface area contributed by atoms with Crippen LogP contribution in [0.2, 0.25) is 0 Å². The van der Waals surface area contributed by atoms with Crippen LogP contribution in [0.25, 0.3) is 0 Å². The number of phenols is 1. The molecular weight excluding hydrogens is 162 g/mol. The predicted octanol–water partition coefficient (Wildman–Crippen LogP) is 2.70. The summed E-state index contributed by atoms with van der Waals surface area (Å²) in [6.45, 7) is 4.35. The molecule has 2 heteroatoms. The molecule has 0 aromatic heterocycles. The molecule has 0 saturated heterocycles. The van der Waals surface area contributed by atoms with Crippen molar-refractivity contribution in [3.05, 3.63) is 23.8 Å². The molecule has 1 aliphatic rings. The van der Waals surface area contributed by atoms with Gasteiger partial charge in [0.05, 0.1) is 5.69 Å². The average Bonchev–Trinajstić information content (AvgIpc) is 2.07. The smallest absolute Gasteiger partial charge is 0.138 e. The van der Waals surface area contributed by atoms with E-state index in [0.717, 1.165) is 12.1 Å². The van der Waals surface area contributed by atoms with Crippen molar-refractivity contribution in [2.75, 3.05) is 5.32 Å². The van der Waals surface area contributed by atoms with Gasteiger partial charge in [0, 0.05) is 6.04 Å². The van der Waals surface area contributed by atoms with E-state index >= 15 is 0 Å². The molecule has 0 unspecified atom stereocenters. The number of nitrogens with one attached hydrogen (secondary N) is 1. The maximum atomic E-state index is 9.63. The van der Waals surface area contributed by atoms with E-state index in [1.165, 1.54) is 5.56 Å². The second kappa shape index (κ2) is 2.95. The van der Waals surface area contributed by atoms with Gasteiger partial charge in [0.25, 0.3) is 0 Å². The highest BCUT2D eigenvalue weighted by molar-refractivity contribution is 5.64. The molecule has 0 radical (unpaired) electrons. The van der Waals surface area contributed by atoms with E-state index in [9.17, 15) is 5.11 Å². The quantitative estimate of drug-likeness (QED) is 0.597. The third-order valence-electron chi connectivity index (χ3n) is 2.70. The molecule has 0 saturated carbocycles. The standard InChI is InChI=1S/C11H15NO/c1-7-6-8(2)12-11-9(7)4-3-5-10(11)13/h3-5,7-8,12-13H,6H2,1-2H3/t7-,8+/m0/s1. The van der Waals surface area contributed by atoms with Crippen LogP contribution in [0.3, 0.4) is 0 Å². The number of fused-ring (bicyclic) bond motifs is 1. The monoisotopic (exact) mass is 177 g/mol. The van der Waals surface area contributed by atoms with Gasteiger partial charge in [-0.1, -0.05) is 19.1 Å². The summed E-state index contributed by atoms with van der Waals surface area (Å²) in [6.07, 6.45) is 1.14. The summed E-state index contributed by atoms with van der Waals surface area (Å²) in [6, 6.07) is 6.17. The van der Waals surface area contributed by atoms with E-state index in [-0.39, 0.29) is 0 Å². The topological polar surface area (TPSA) is 32.3 Å². The van der Waals surface area contributed by atoms with E-state index in [4.69, 9.17) is 0 Å². The van der Waals surface area contributed by atoms with Gasteiger partial charge in [0.15, 0.2) is 0 Å². The highest BCUT2D eigenvalue weighted by Gasteiger charge is 2.22. The molecule has 0 spiro atoms. The Morgan fingerprint density at radius 3 is 2.92 bits per heavy atom. The molecule has 0 amide bonds. The Morgan fingerprint density at radius 2 is 2.15 bits per heavy atom. The molecule has 1 heterocycles. The Bertz CT molecular complexity index is 322. The number of phenolic OH excluding ortho intramolecular Hbond substituents is 1. The highest BCUT2D eigenvalue weighted by atomic mass is 16.3. The number of rotatable bonds is 0. The summed E-state index contributed by atoms with van der Waals surface area (Å²) >= 11 is 0. The van der Waals surface area contributed by atoms with Gasteiger partial charge in [-0.05, 0) is 30.9 Å². The zero-order valence-corrected chi connectivity index (χ0v) is 8.04. The van der Waals surface area contributed by atoms with Crippen LogP contribution in [0.5, 0.6) is 5.75 Å². The first kappa shape index (κ1) is 8.42. The van der Waals surface area contributed by atoms with Crippen molar-refractivity contribution in [3.63, 3.8) is 0 Å². The van der Waals surface area contributed by atoms with E-state index in [1.54, 1.807) is 6.07 Å². The maximum Gasteiger partial charge on any atom is 0.138 e. The molecule has 13 heavy (non-hydrogen) atoms. The van der Waals surface area contributed by atoms with Crippen LogP contribution >= 0.6 is 0 Å². The zero-order chi connectivity index (χ0) is 9.42. The van der Waals surface area contributed by atoms with E-state index in [0.29, 0.717) is 17.7 Å². The molecule has 0 aliphatic carbocycles. The minimum atomic E-state index is 0.371. The lowest BCUT2D eigenvalue weighted by atomic mass is 9.89. The second-order valence-corrected chi connectivity index (χ2v) is 3.92. The molecule has 2 N–H and O–H groups in total. The van der Waals surface area contributed by atoms with Gasteiger partial charge in [-0.25, -0.2) is 0 Å². The van der Waals surface area contributed by atoms with Crippen molar-refractivity contribution in [2.45, 2.75) is 32.2 Å². The molecule has 70 valence electrons. The summed E-state index contributed by atoms with van der Waals surface area (Å²) in [7, 11) is 0. The molecule has 0 bridgehead atoms. The second-order valence-electron chi connectivity index (χ2n) is 3.92.